The zero-order valence-corrected chi connectivity index (χ0v) is 7.95. The molecule has 0 aromatic heterocycles. The fraction of sp³-hybridized carbons (Fsp3) is 0.571. The Morgan fingerprint density at radius 2 is 2.38 bits per heavy atom. The summed E-state index contributed by atoms with van der Waals surface area (Å²) in [4.78, 5) is 24.3. The Morgan fingerprint density at radius 3 is 3.08 bits per heavy atom. The SMILES string of the molecule is CCN1C(=O)CC(=O)N2N=CSC12. The number of nitrogens with zero attached hydrogens (tertiary/aromatic N) is 3. The molecule has 1 unspecified atom stereocenters. The lowest BCUT2D eigenvalue weighted by molar-refractivity contribution is -0.152. The van der Waals surface area contributed by atoms with Gasteiger partial charge in [-0.25, -0.2) is 0 Å². The maximum atomic E-state index is 11.4. The van der Waals surface area contributed by atoms with Gasteiger partial charge in [0, 0.05) is 6.54 Å². The Morgan fingerprint density at radius 1 is 1.62 bits per heavy atom. The van der Waals surface area contributed by atoms with E-state index in [9.17, 15) is 9.59 Å². The zero-order valence-electron chi connectivity index (χ0n) is 7.14. The van der Waals surface area contributed by atoms with E-state index in [0.717, 1.165) is 0 Å². The van der Waals surface area contributed by atoms with Gasteiger partial charge in [0.1, 0.15) is 6.42 Å². The molecule has 5 nitrogen and oxygen atoms in total. The number of fused-ring (bicyclic) bond motifs is 1. The van der Waals surface area contributed by atoms with E-state index in [1.54, 1.807) is 10.4 Å². The van der Waals surface area contributed by atoms with Crippen LogP contribution in [-0.2, 0) is 9.59 Å². The van der Waals surface area contributed by atoms with Gasteiger partial charge < -0.3 is 4.90 Å². The maximum absolute atomic E-state index is 11.4. The normalized spacial score (nSPS) is 27.0. The molecule has 2 amide bonds. The highest BCUT2D eigenvalue weighted by molar-refractivity contribution is 8.12. The van der Waals surface area contributed by atoms with Gasteiger partial charge in [-0.05, 0) is 6.92 Å². The third-order valence-electron chi connectivity index (χ3n) is 2.05. The van der Waals surface area contributed by atoms with Crippen LogP contribution >= 0.6 is 11.8 Å². The van der Waals surface area contributed by atoms with Crippen molar-refractivity contribution in [2.45, 2.75) is 18.8 Å². The molecular weight excluding hydrogens is 190 g/mol. The largest absolute Gasteiger partial charge is 0.311 e. The molecule has 0 N–H and O–H groups in total. The van der Waals surface area contributed by atoms with E-state index < -0.39 is 0 Å². The second-order valence-electron chi connectivity index (χ2n) is 2.78. The smallest absolute Gasteiger partial charge is 0.254 e. The molecule has 0 bridgehead atoms. The highest BCUT2D eigenvalue weighted by atomic mass is 32.2. The number of hydrogen-bond donors (Lipinski definition) is 0. The monoisotopic (exact) mass is 199 g/mol. The molecule has 2 rings (SSSR count). The van der Waals surface area contributed by atoms with Crippen LogP contribution in [0.3, 0.4) is 0 Å². The molecule has 1 saturated heterocycles. The van der Waals surface area contributed by atoms with E-state index >= 15 is 0 Å². The van der Waals surface area contributed by atoms with Crippen molar-refractivity contribution in [3.63, 3.8) is 0 Å². The van der Waals surface area contributed by atoms with E-state index in [-0.39, 0.29) is 23.7 Å². The van der Waals surface area contributed by atoms with Crippen LogP contribution < -0.4 is 0 Å². The first-order valence-corrected chi connectivity index (χ1v) is 4.97. The Hall–Kier alpha value is -1.04. The number of thioether (sulfide) groups is 1. The predicted octanol–water partition coefficient (Wildman–Crippen LogP) is 0.0409. The number of hydrazone groups is 1. The molecule has 2 aliphatic heterocycles. The van der Waals surface area contributed by atoms with Gasteiger partial charge in [-0.2, -0.15) is 10.1 Å². The van der Waals surface area contributed by atoms with Gasteiger partial charge in [0.15, 0.2) is 5.50 Å². The van der Waals surface area contributed by atoms with Gasteiger partial charge in [0.2, 0.25) is 5.91 Å². The van der Waals surface area contributed by atoms with Crippen LogP contribution in [0.4, 0.5) is 0 Å². The summed E-state index contributed by atoms with van der Waals surface area (Å²) in [6.07, 6.45) is -0.0533. The number of amides is 2. The molecule has 2 aliphatic rings. The molecule has 0 aromatic carbocycles. The average Bonchev–Trinajstić information content (AvgIpc) is 2.53. The van der Waals surface area contributed by atoms with Gasteiger partial charge in [-0.1, -0.05) is 11.8 Å². The molecule has 2 heterocycles. The molecule has 0 radical (unpaired) electrons. The van der Waals surface area contributed by atoms with Crippen molar-refractivity contribution in [1.82, 2.24) is 9.91 Å². The number of rotatable bonds is 1. The minimum absolute atomic E-state index is 0.0533. The van der Waals surface area contributed by atoms with E-state index in [1.807, 2.05) is 6.92 Å². The first kappa shape index (κ1) is 8.55. The second-order valence-corrected chi connectivity index (χ2v) is 3.68. The number of carbonyl (C=O) groups is 2. The number of hydrogen-bond acceptors (Lipinski definition) is 4. The van der Waals surface area contributed by atoms with Crippen LogP contribution in [0.25, 0.3) is 0 Å². The van der Waals surface area contributed by atoms with Crippen LogP contribution in [0.2, 0.25) is 0 Å². The predicted molar refractivity (Wildman–Crippen MR) is 48.7 cm³/mol. The molecule has 0 spiro atoms. The first-order valence-electron chi connectivity index (χ1n) is 4.03. The zero-order chi connectivity index (χ0) is 9.42. The third kappa shape index (κ3) is 1.21. The lowest BCUT2D eigenvalue weighted by Gasteiger charge is -2.35. The summed E-state index contributed by atoms with van der Waals surface area (Å²) < 4.78 is 0. The van der Waals surface area contributed by atoms with Crippen LogP contribution in [0.15, 0.2) is 5.10 Å². The quantitative estimate of drug-likeness (QED) is 0.560. The van der Waals surface area contributed by atoms with Crippen molar-refractivity contribution in [3.05, 3.63) is 0 Å². The van der Waals surface area contributed by atoms with Crippen LogP contribution in [0.1, 0.15) is 13.3 Å². The highest BCUT2D eigenvalue weighted by Gasteiger charge is 2.40. The fourth-order valence-electron chi connectivity index (χ4n) is 1.41. The van der Waals surface area contributed by atoms with Crippen molar-refractivity contribution in [2.24, 2.45) is 5.10 Å². The van der Waals surface area contributed by atoms with E-state index in [1.165, 1.54) is 16.8 Å². The molecule has 70 valence electrons. The fourth-order valence-corrected chi connectivity index (χ4v) is 2.37. The summed E-state index contributed by atoms with van der Waals surface area (Å²) >= 11 is 1.38. The van der Waals surface area contributed by atoms with Crippen molar-refractivity contribution in [3.8, 4) is 0 Å². The van der Waals surface area contributed by atoms with Gasteiger partial charge >= 0.3 is 0 Å². The van der Waals surface area contributed by atoms with Gasteiger partial charge in [-0.3, -0.25) is 9.59 Å². The minimum Gasteiger partial charge on any atom is -0.311 e. The highest BCUT2D eigenvalue weighted by Crippen LogP contribution is 2.29. The molecule has 0 aromatic rings. The van der Waals surface area contributed by atoms with E-state index in [2.05, 4.69) is 5.10 Å². The van der Waals surface area contributed by atoms with Gasteiger partial charge in [0.05, 0.1) is 5.55 Å². The third-order valence-corrected chi connectivity index (χ3v) is 2.96. The Labute approximate surface area is 79.7 Å². The van der Waals surface area contributed by atoms with Crippen molar-refractivity contribution in [2.75, 3.05) is 6.54 Å². The van der Waals surface area contributed by atoms with Crippen LogP contribution in [0, 0.1) is 0 Å². The number of carbonyl (C=O) groups excluding carboxylic acids is 2. The summed E-state index contributed by atoms with van der Waals surface area (Å²) in [6, 6.07) is 0. The summed E-state index contributed by atoms with van der Waals surface area (Å²) in [5, 5.41) is 5.27. The molecule has 1 atom stereocenters. The maximum Gasteiger partial charge on any atom is 0.254 e. The summed E-state index contributed by atoms with van der Waals surface area (Å²) in [6.45, 7) is 2.51. The molecule has 1 fully saturated rings. The van der Waals surface area contributed by atoms with Gasteiger partial charge in [0.25, 0.3) is 5.91 Å². The molecule has 0 saturated carbocycles. The summed E-state index contributed by atoms with van der Waals surface area (Å²) in [7, 11) is 0. The van der Waals surface area contributed by atoms with Gasteiger partial charge in [-0.15, -0.1) is 0 Å². The van der Waals surface area contributed by atoms with Crippen molar-refractivity contribution in [1.29, 1.82) is 0 Å². The summed E-state index contributed by atoms with van der Waals surface area (Å²) in [5.41, 5.74) is 1.36. The standard InChI is InChI=1S/C7H9N3O2S/c1-2-9-5(11)3-6(12)10-7(9)13-4-8-10/h4,7H,2-3H2,1H3. The molecule has 6 heteroatoms. The summed E-state index contributed by atoms with van der Waals surface area (Å²) in [5.74, 6) is -0.312. The average molecular weight is 199 g/mol. The topological polar surface area (TPSA) is 53.0 Å². The van der Waals surface area contributed by atoms with Crippen LogP contribution in [0.5, 0.6) is 0 Å². The Balaban J connectivity index is 2.24. The van der Waals surface area contributed by atoms with Crippen LogP contribution in [-0.4, -0.2) is 39.3 Å². The van der Waals surface area contributed by atoms with Crippen molar-refractivity contribution >= 4 is 29.1 Å². The van der Waals surface area contributed by atoms with E-state index in [4.69, 9.17) is 0 Å². The Kier molecular flexibility index (Phi) is 1.99. The van der Waals surface area contributed by atoms with Crippen molar-refractivity contribution < 1.29 is 9.59 Å². The lowest BCUT2D eigenvalue weighted by Crippen LogP contribution is -2.53. The first-order chi connectivity index (χ1) is 6.24. The lowest BCUT2D eigenvalue weighted by atomic mass is 10.3. The molecule has 13 heavy (non-hydrogen) atoms. The Bertz CT molecular complexity index is 291. The molecular formula is C7H9N3O2S. The molecule has 0 aliphatic carbocycles. The van der Waals surface area contributed by atoms with E-state index in [0.29, 0.717) is 6.54 Å². The second kappa shape index (κ2) is 3.02. The minimum atomic E-state index is -0.237.